The van der Waals surface area contributed by atoms with E-state index in [1.54, 1.807) is 18.2 Å². The van der Waals surface area contributed by atoms with Gasteiger partial charge in [-0.3, -0.25) is 0 Å². The molecular weight excluding hydrogens is 346 g/mol. The van der Waals surface area contributed by atoms with E-state index >= 15 is 0 Å². The van der Waals surface area contributed by atoms with E-state index in [0.29, 0.717) is 22.6 Å². The lowest BCUT2D eigenvalue weighted by atomic mass is 9.88. The van der Waals surface area contributed by atoms with Crippen molar-refractivity contribution < 1.29 is 19.0 Å². The van der Waals surface area contributed by atoms with Gasteiger partial charge < -0.3 is 19.9 Å². The standard InChI is InChI=1S/C20H23N3O4/c1-20(2,3)17-9-13(14(10-21)19(22)23-17)12-6-7-15(16(8-12)25-4)27-11-18(24)26-5/h6-9H,11H2,1-5H3,(H2,22,23). The summed E-state index contributed by atoms with van der Waals surface area (Å²) < 4.78 is 15.4. The largest absolute Gasteiger partial charge is 0.493 e. The Morgan fingerprint density at radius 2 is 1.93 bits per heavy atom. The minimum absolute atomic E-state index is 0.185. The van der Waals surface area contributed by atoms with E-state index in [0.717, 1.165) is 11.3 Å². The molecule has 1 heterocycles. The number of esters is 1. The van der Waals surface area contributed by atoms with E-state index in [1.165, 1.54) is 14.2 Å². The number of carbonyl (C=O) groups excluding carboxylic acids is 1. The second kappa shape index (κ2) is 7.96. The van der Waals surface area contributed by atoms with Gasteiger partial charge in [-0.05, 0) is 23.8 Å². The highest BCUT2D eigenvalue weighted by Crippen LogP contribution is 2.36. The highest BCUT2D eigenvalue weighted by molar-refractivity contribution is 5.77. The molecule has 2 aromatic rings. The third kappa shape index (κ3) is 4.47. The number of pyridine rings is 1. The molecule has 0 amide bonds. The zero-order valence-corrected chi connectivity index (χ0v) is 16.1. The third-order valence-electron chi connectivity index (χ3n) is 3.98. The Bertz CT molecular complexity index is 895. The van der Waals surface area contributed by atoms with Crippen LogP contribution in [-0.2, 0) is 14.9 Å². The highest BCUT2D eigenvalue weighted by atomic mass is 16.6. The number of hydrogen-bond acceptors (Lipinski definition) is 7. The molecule has 2 rings (SSSR count). The Kier molecular flexibility index (Phi) is 5.91. The molecule has 142 valence electrons. The van der Waals surface area contributed by atoms with Gasteiger partial charge >= 0.3 is 5.97 Å². The fourth-order valence-electron chi connectivity index (χ4n) is 2.44. The van der Waals surface area contributed by atoms with Gasteiger partial charge in [-0.15, -0.1) is 0 Å². The van der Waals surface area contributed by atoms with Crippen molar-refractivity contribution in [1.82, 2.24) is 4.98 Å². The normalized spacial score (nSPS) is 10.8. The lowest BCUT2D eigenvalue weighted by Gasteiger charge is -2.20. The average molecular weight is 369 g/mol. The molecule has 2 N–H and O–H groups in total. The van der Waals surface area contributed by atoms with Gasteiger partial charge in [0.05, 0.1) is 14.2 Å². The molecule has 0 aliphatic rings. The van der Waals surface area contributed by atoms with Crippen molar-refractivity contribution in [3.63, 3.8) is 0 Å². The summed E-state index contributed by atoms with van der Waals surface area (Å²) in [6.07, 6.45) is 0. The molecule has 0 bridgehead atoms. The first kappa shape index (κ1) is 20.0. The smallest absolute Gasteiger partial charge is 0.343 e. The fraction of sp³-hybridized carbons (Fsp3) is 0.350. The van der Waals surface area contributed by atoms with E-state index in [9.17, 15) is 10.1 Å². The summed E-state index contributed by atoms with van der Waals surface area (Å²) in [6, 6.07) is 9.16. The number of methoxy groups -OCH3 is 2. The first-order valence-corrected chi connectivity index (χ1v) is 8.30. The van der Waals surface area contributed by atoms with Crippen molar-refractivity contribution in [2.75, 3.05) is 26.6 Å². The van der Waals surface area contributed by atoms with E-state index in [4.69, 9.17) is 15.2 Å². The van der Waals surface area contributed by atoms with Gasteiger partial charge in [0.15, 0.2) is 18.1 Å². The maximum atomic E-state index is 11.3. The molecule has 0 saturated heterocycles. The van der Waals surface area contributed by atoms with Gasteiger partial charge in [-0.2, -0.15) is 5.26 Å². The topological polar surface area (TPSA) is 107 Å². The number of benzene rings is 1. The van der Waals surface area contributed by atoms with E-state index in [1.807, 2.05) is 26.8 Å². The van der Waals surface area contributed by atoms with Crippen LogP contribution in [0.15, 0.2) is 24.3 Å². The molecular formula is C20H23N3O4. The van der Waals surface area contributed by atoms with Gasteiger partial charge in [0.1, 0.15) is 17.5 Å². The number of hydrogen-bond donors (Lipinski definition) is 1. The summed E-state index contributed by atoms with van der Waals surface area (Å²) in [4.78, 5) is 15.6. The van der Waals surface area contributed by atoms with Crippen LogP contribution in [0.25, 0.3) is 11.1 Å². The number of nitrogen functional groups attached to an aromatic ring is 1. The van der Waals surface area contributed by atoms with Crippen molar-refractivity contribution in [3.8, 4) is 28.7 Å². The predicted molar refractivity (Wildman–Crippen MR) is 102 cm³/mol. The molecule has 0 aliphatic heterocycles. The van der Waals surface area contributed by atoms with Crippen LogP contribution in [-0.4, -0.2) is 31.8 Å². The fourth-order valence-corrected chi connectivity index (χ4v) is 2.44. The Morgan fingerprint density at radius 1 is 1.22 bits per heavy atom. The molecule has 1 aromatic carbocycles. The maximum Gasteiger partial charge on any atom is 0.343 e. The van der Waals surface area contributed by atoms with Crippen LogP contribution in [0.4, 0.5) is 5.82 Å². The number of carbonyl (C=O) groups is 1. The van der Waals surface area contributed by atoms with E-state index in [-0.39, 0.29) is 17.8 Å². The van der Waals surface area contributed by atoms with E-state index in [2.05, 4.69) is 15.8 Å². The van der Waals surface area contributed by atoms with E-state index < -0.39 is 5.97 Å². The van der Waals surface area contributed by atoms with Crippen LogP contribution in [0.1, 0.15) is 32.0 Å². The van der Waals surface area contributed by atoms with Gasteiger partial charge in [-0.25, -0.2) is 9.78 Å². The molecule has 7 nitrogen and oxygen atoms in total. The molecule has 0 spiro atoms. The van der Waals surface area contributed by atoms with Gasteiger partial charge in [0.25, 0.3) is 0 Å². The number of anilines is 1. The minimum Gasteiger partial charge on any atom is -0.493 e. The summed E-state index contributed by atoms with van der Waals surface area (Å²) in [5, 5.41) is 9.53. The molecule has 27 heavy (non-hydrogen) atoms. The van der Waals surface area contributed by atoms with Crippen LogP contribution >= 0.6 is 0 Å². The minimum atomic E-state index is -0.496. The summed E-state index contributed by atoms with van der Waals surface area (Å²) >= 11 is 0. The number of nitriles is 1. The molecule has 1 aromatic heterocycles. The van der Waals surface area contributed by atoms with Crippen molar-refractivity contribution in [3.05, 3.63) is 35.5 Å². The molecule has 0 saturated carbocycles. The number of rotatable bonds is 5. The maximum absolute atomic E-state index is 11.3. The lowest BCUT2D eigenvalue weighted by molar-refractivity contribution is -0.142. The van der Waals surface area contributed by atoms with Gasteiger partial charge in [-0.1, -0.05) is 26.8 Å². The van der Waals surface area contributed by atoms with Crippen molar-refractivity contribution in [2.45, 2.75) is 26.2 Å². The number of nitrogens with zero attached hydrogens (tertiary/aromatic N) is 2. The summed E-state index contributed by atoms with van der Waals surface area (Å²) in [5.41, 5.74) is 8.26. The lowest BCUT2D eigenvalue weighted by Crippen LogP contribution is -2.15. The van der Waals surface area contributed by atoms with Crippen LogP contribution in [0.3, 0.4) is 0 Å². The zero-order chi connectivity index (χ0) is 20.2. The zero-order valence-electron chi connectivity index (χ0n) is 16.1. The van der Waals surface area contributed by atoms with Crippen molar-refractivity contribution in [2.24, 2.45) is 0 Å². The molecule has 7 heteroatoms. The van der Waals surface area contributed by atoms with Gasteiger partial charge in [0, 0.05) is 16.7 Å². The van der Waals surface area contributed by atoms with Crippen LogP contribution in [0.5, 0.6) is 11.5 Å². The predicted octanol–water partition coefficient (Wildman–Crippen LogP) is 3.06. The summed E-state index contributed by atoms with van der Waals surface area (Å²) in [6.45, 7) is 5.84. The quantitative estimate of drug-likeness (QED) is 0.807. The highest BCUT2D eigenvalue weighted by Gasteiger charge is 2.21. The second-order valence-corrected chi connectivity index (χ2v) is 6.91. The third-order valence-corrected chi connectivity index (χ3v) is 3.98. The van der Waals surface area contributed by atoms with Crippen LogP contribution in [0.2, 0.25) is 0 Å². The van der Waals surface area contributed by atoms with Crippen LogP contribution < -0.4 is 15.2 Å². The molecule has 0 atom stereocenters. The van der Waals surface area contributed by atoms with Crippen LogP contribution in [0, 0.1) is 11.3 Å². The van der Waals surface area contributed by atoms with Crippen molar-refractivity contribution >= 4 is 11.8 Å². The SMILES string of the molecule is COC(=O)COc1ccc(-c2cc(C(C)(C)C)nc(N)c2C#N)cc1OC. The molecule has 0 radical (unpaired) electrons. The second-order valence-electron chi connectivity index (χ2n) is 6.91. The average Bonchev–Trinajstić information content (AvgIpc) is 2.64. The number of aromatic nitrogens is 1. The van der Waals surface area contributed by atoms with Crippen molar-refractivity contribution in [1.29, 1.82) is 5.26 Å². The summed E-state index contributed by atoms with van der Waals surface area (Å²) in [5.74, 6) is 0.505. The Morgan fingerprint density at radius 3 is 2.48 bits per heavy atom. The molecule has 0 aliphatic carbocycles. The Balaban J connectivity index is 2.53. The monoisotopic (exact) mass is 369 g/mol. The molecule has 0 unspecified atom stereocenters. The molecule has 0 fully saturated rings. The Labute approximate surface area is 158 Å². The Hall–Kier alpha value is -3.27. The first-order valence-electron chi connectivity index (χ1n) is 8.30. The first-order chi connectivity index (χ1) is 12.7. The number of ether oxygens (including phenoxy) is 3. The number of nitrogens with two attached hydrogens (primary N) is 1. The van der Waals surface area contributed by atoms with Gasteiger partial charge in [0.2, 0.25) is 0 Å². The summed E-state index contributed by atoms with van der Waals surface area (Å²) in [7, 11) is 2.78.